The van der Waals surface area contributed by atoms with E-state index in [-0.39, 0.29) is 17.2 Å². The van der Waals surface area contributed by atoms with E-state index in [1.165, 1.54) is 0 Å². The topological polar surface area (TPSA) is 86.2 Å². The maximum atomic E-state index is 12.3. The minimum atomic E-state index is -0.372. The van der Waals surface area contributed by atoms with Gasteiger partial charge in [-0.25, -0.2) is 4.79 Å². The van der Waals surface area contributed by atoms with E-state index in [0.29, 0.717) is 32.5 Å². The number of aromatic amines is 1. The highest BCUT2D eigenvalue weighted by Crippen LogP contribution is 2.25. The van der Waals surface area contributed by atoms with Crippen LogP contribution < -0.4 is 5.56 Å². The molecule has 1 aromatic heterocycles. The molecule has 0 aliphatic carbocycles. The molecular weight excluding hydrogens is 318 g/mol. The molecule has 25 heavy (non-hydrogen) atoms. The fourth-order valence-electron chi connectivity index (χ4n) is 3.17. The predicted octanol–water partition coefficient (Wildman–Crippen LogP) is 2.35. The average molecular weight is 337 g/mol. The molecule has 2 heterocycles. The molecule has 1 N–H and O–H groups in total. The van der Waals surface area contributed by atoms with Gasteiger partial charge in [-0.15, -0.1) is 0 Å². The van der Waals surface area contributed by atoms with Crippen LogP contribution in [0.2, 0.25) is 0 Å². The number of nitrogens with one attached hydrogen (secondary N) is 1. The van der Waals surface area contributed by atoms with Gasteiger partial charge in [0.05, 0.1) is 13.2 Å². The monoisotopic (exact) mass is 337 g/mol. The molecule has 0 radical (unpaired) electrons. The molecule has 0 spiro atoms. The first kappa shape index (κ1) is 16.8. The summed E-state index contributed by atoms with van der Waals surface area (Å²) in [6.07, 6.45) is 0.646. The maximum Gasteiger partial charge on any atom is 0.410 e. The number of carbonyl (C=O) groups excluding carboxylic acids is 1. The number of hydrogen-bond acceptors (Lipinski definition) is 4. The number of nitrogens with zero attached hydrogens (tertiary/aromatic N) is 2. The molecule has 1 aliphatic rings. The lowest BCUT2D eigenvalue weighted by Gasteiger charge is -2.29. The van der Waals surface area contributed by atoms with E-state index in [2.05, 4.69) is 4.98 Å². The summed E-state index contributed by atoms with van der Waals surface area (Å²) in [5.74, 6) is 0. The van der Waals surface area contributed by atoms with Gasteiger partial charge in [-0.05, 0) is 30.0 Å². The average Bonchev–Trinajstić information content (AvgIpc) is 2.63. The van der Waals surface area contributed by atoms with E-state index in [9.17, 15) is 14.9 Å². The molecule has 128 valence electrons. The van der Waals surface area contributed by atoms with Gasteiger partial charge in [0.1, 0.15) is 11.6 Å². The smallest absolute Gasteiger partial charge is 0.410 e. The molecule has 6 heteroatoms. The first-order valence-electron chi connectivity index (χ1n) is 8.26. The van der Waals surface area contributed by atoms with Crippen molar-refractivity contribution in [1.82, 2.24) is 9.88 Å². The van der Waals surface area contributed by atoms with Crippen LogP contribution in [0.3, 0.4) is 0 Å². The van der Waals surface area contributed by atoms with Crippen molar-refractivity contribution in [1.29, 1.82) is 5.26 Å². The fourth-order valence-corrected chi connectivity index (χ4v) is 3.17. The number of benzene rings is 1. The number of fused-ring (bicyclic) bond motifs is 1. The first-order valence-corrected chi connectivity index (χ1v) is 8.26. The van der Waals surface area contributed by atoms with Crippen LogP contribution in [-0.4, -0.2) is 29.1 Å². The summed E-state index contributed by atoms with van der Waals surface area (Å²) in [5.41, 5.74) is 3.18. The second kappa shape index (κ2) is 7.22. The van der Waals surface area contributed by atoms with E-state index < -0.39 is 0 Å². The zero-order valence-corrected chi connectivity index (χ0v) is 14.0. The van der Waals surface area contributed by atoms with Crippen LogP contribution in [0, 0.1) is 11.3 Å². The number of hydrogen-bond donors (Lipinski definition) is 1. The van der Waals surface area contributed by atoms with Gasteiger partial charge >= 0.3 is 6.09 Å². The molecule has 0 saturated carbocycles. The molecule has 0 fully saturated rings. The van der Waals surface area contributed by atoms with Crippen LogP contribution in [0.4, 0.5) is 4.79 Å². The van der Waals surface area contributed by atoms with Gasteiger partial charge < -0.3 is 14.6 Å². The molecule has 0 bridgehead atoms. The van der Waals surface area contributed by atoms with Gasteiger partial charge in [0.2, 0.25) is 0 Å². The highest BCUT2D eigenvalue weighted by atomic mass is 16.6. The van der Waals surface area contributed by atoms with E-state index in [1.54, 1.807) is 11.8 Å². The number of ether oxygens (including phenoxy) is 1. The number of carbonyl (C=O) groups is 1. The standard InChI is InChI=1S/C19H19N3O3/c1-2-25-19(24)22-9-8-14-15(11-20)18(23)21-17(16(14)12-22)10-13-6-4-3-5-7-13/h3-7H,2,8-10,12H2,1H3,(H,21,23). The van der Waals surface area contributed by atoms with Crippen molar-refractivity contribution in [3.8, 4) is 6.07 Å². The Morgan fingerprint density at radius 1 is 1.32 bits per heavy atom. The van der Waals surface area contributed by atoms with Crippen molar-refractivity contribution in [3.05, 3.63) is 68.6 Å². The van der Waals surface area contributed by atoms with Gasteiger partial charge in [-0.2, -0.15) is 5.26 Å². The van der Waals surface area contributed by atoms with Gasteiger partial charge in [0.25, 0.3) is 5.56 Å². The number of pyridine rings is 1. The maximum absolute atomic E-state index is 12.3. The summed E-state index contributed by atoms with van der Waals surface area (Å²) in [6.45, 7) is 2.85. The van der Waals surface area contributed by atoms with Crippen LogP contribution in [0.5, 0.6) is 0 Å². The van der Waals surface area contributed by atoms with Crippen LogP contribution >= 0.6 is 0 Å². The summed E-state index contributed by atoms with van der Waals surface area (Å²) in [7, 11) is 0. The number of rotatable bonds is 3. The Morgan fingerprint density at radius 2 is 2.08 bits per heavy atom. The largest absolute Gasteiger partial charge is 0.450 e. The zero-order chi connectivity index (χ0) is 17.8. The van der Waals surface area contributed by atoms with Gasteiger partial charge in [-0.1, -0.05) is 30.3 Å². The third-order valence-electron chi connectivity index (χ3n) is 4.36. The Labute approximate surface area is 145 Å². The Balaban J connectivity index is 2.02. The Kier molecular flexibility index (Phi) is 4.85. The van der Waals surface area contributed by atoms with Crippen LogP contribution in [0.15, 0.2) is 35.1 Å². The number of aromatic nitrogens is 1. The van der Waals surface area contributed by atoms with Crippen molar-refractivity contribution in [3.63, 3.8) is 0 Å². The van der Waals surface area contributed by atoms with Crippen LogP contribution in [0.25, 0.3) is 0 Å². The van der Waals surface area contributed by atoms with Crippen molar-refractivity contribution in [2.24, 2.45) is 0 Å². The Bertz CT molecular complexity index is 881. The molecule has 1 aliphatic heterocycles. The summed E-state index contributed by atoms with van der Waals surface area (Å²) in [6, 6.07) is 11.8. The summed E-state index contributed by atoms with van der Waals surface area (Å²) in [5, 5.41) is 9.34. The van der Waals surface area contributed by atoms with E-state index in [0.717, 1.165) is 22.4 Å². The molecule has 0 atom stereocenters. The third-order valence-corrected chi connectivity index (χ3v) is 4.36. The van der Waals surface area contributed by atoms with Crippen molar-refractivity contribution >= 4 is 6.09 Å². The predicted molar refractivity (Wildman–Crippen MR) is 92.2 cm³/mol. The highest BCUT2D eigenvalue weighted by molar-refractivity contribution is 5.68. The van der Waals surface area contributed by atoms with Gasteiger partial charge in [0.15, 0.2) is 0 Å². The quantitative estimate of drug-likeness (QED) is 0.931. The first-order chi connectivity index (χ1) is 12.1. The second-order valence-electron chi connectivity index (χ2n) is 5.91. The lowest BCUT2D eigenvalue weighted by atomic mass is 9.92. The zero-order valence-electron chi connectivity index (χ0n) is 14.0. The van der Waals surface area contributed by atoms with Gasteiger partial charge in [-0.3, -0.25) is 4.79 Å². The molecule has 2 aromatic rings. The molecule has 0 unspecified atom stereocenters. The molecule has 1 aromatic carbocycles. The third kappa shape index (κ3) is 3.41. The van der Waals surface area contributed by atoms with Crippen molar-refractivity contribution in [2.45, 2.75) is 26.3 Å². The second-order valence-corrected chi connectivity index (χ2v) is 5.91. The molecule has 0 saturated heterocycles. The lowest BCUT2D eigenvalue weighted by molar-refractivity contribution is 0.102. The Morgan fingerprint density at radius 3 is 2.76 bits per heavy atom. The molecule has 3 rings (SSSR count). The summed E-state index contributed by atoms with van der Waals surface area (Å²) in [4.78, 5) is 28.8. The normalized spacial score (nSPS) is 13.0. The van der Waals surface area contributed by atoms with Crippen LogP contribution in [0.1, 0.15) is 34.9 Å². The fraction of sp³-hybridized carbons (Fsp3) is 0.316. The lowest BCUT2D eigenvalue weighted by Crippen LogP contribution is -2.38. The van der Waals surface area contributed by atoms with E-state index in [4.69, 9.17) is 4.74 Å². The number of nitriles is 1. The highest BCUT2D eigenvalue weighted by Gasteiger charge is 2.27. The van der Waals surface area contributed by atoms with Crippen molar-refractivity contribution < 1.29 is 9.53 Å². The molecule has 1 amide bonds. The minimum absolute atomic E-state index is 0.148. The number of H-pyrrole nitrogens is 1. The Hall–Kier alpha value is -3.07. The minimum Gasteiger partial charge on any atom is -0.450 e. The SMILES string of the molecule is CCOC(=O)N1CCc2c(c(Cc3ccccc3)[nH]c(=O)c2C#N)C1. The number of amides is 1. The van der Waals surface area contributed by atoms with E-state index in [1.807, 2.05) is 36.4 Å². The summed E-state index contributed by atoms with van der Waals surface area (Å²) < 4.78 is 5.08. The van der Waals surface area contributed by atoms with E-state index >= 15 is 0 Å². The van der Waals surface area contributed by atoms with Crippen LogP contribution in [-0.2, 0) is 24.1 Å². The van der Waals surface area contributed by atoms with Crippen molar-refractivity contribution in [2.75, 3.05) is 13.2 Å². The molecule has 6 nitrogen and oxygen atoms in total. The summed E-state index contributed by atoms with van der Waals surface area (Å²) >= 11 is 0. The molecular formula is C19H19N3O3. The van der Waals surface area contributed by atoms with Gasteiger partial charge in [0, 0.05) is 18.7 Å².